The van der Waals surface area contributed by atoms with Crippen LogP contribution >= 0.6 is 0 Å². The first kappa shape index (κ1) is 21.0. The third kappa shape index (κ3) is 4.63. The second kappa shape index (κ2) is 9.15. The smallest absolute Gasteiger partial charge is 0.312 e. The van der Waals surface area contributed by atoms with Crippen LogP contribution in [0, 0.1) is 5.92 Å². The molecule has 2 saturated heterocycles. The number of benzene rings is 1. The molecule has 2 aliphatic heterocycles. The van der Waals surface area contributed by atoms with Crippen LogP contribution in [-0.4, -0.2) is 62.6 Å². The first-order valence-corrected chi connectivity index (χ1v) is 9.96. The van der Waals surface area contributed by atoms with E-state index in [0.717, 1.165) is 19.3 Å². The zero-order valence-electron chi connectivity index (χ0n) is 17.2. The molecule has 3 rings (SSSR count). The van der Waals surface area contributed by atoms with E-state index >= 15 is 0 Å². The van der Waals surface area contributed by atoms with Crippen molar-refractivity contribution in [3.63, 3.8) is 0 Å². The normalized spacial score (nSPS) is 20.4. The third-order valence-corrected chi connectivity index (χ3v) is 5.44. The Labute approximate surface area is 170 Å². The summed E-state index contributed by atoms with van der Waals surface area (Å²) in [5.74, 6) is -0.405. The van der Waals surface area contributed by atoms with Gasteiger partial charge in [0.15, 0.2) is 6.10 Å². The molecule has 0 spiro atoms. The molecule has 0 bridgehead atoms. The van der Waals surface area contributed by atoms with Crippen LogP contribution in [0.1, 0.15) is 32.6 Å². The number of hydrogen-bond acceptors (Lipinski definition) is 6. The van der Waals surface area contributed by atoms with E-state index in [0.29, 0.717) is 30.3 Å². The Morgan fingerprint density at radius 3 is 2.48 bits per heavy atom. The van der Waals surface area contributed by atoms with Crippen molar-refractivity contribution in [2.24, 2.45) is 5.92 Å². The summed E-state index contributed by atoms with van der Waals surface area (Å²) < 4.78 is 16.0. The SMILES string of the molecule is COc1ccc(N2C[C@H](C(=O)O[C@H](C)C(=O)N3CCCCC3)CC2=O)c(OC)c1. The summed E-state index contributed by atoms with van der Waals surface area (Å²) in [6.07, 6.45) is 2.26. The zero-order chi connectivity index (χ0) is 21.0. The van der Waals surface area contributed by atoms with E-state index in [1.165, 1.54) is 12.0 Å². The molecule has 1 aromatic carbocycles. The lowest BCUT2D eigenvalue weighted by Crippen LogP contribution is -2.43. The highest BCUT2D eigenvalue weighted by Gasteiger charge is 2.38. The average Bonchev–Trinajstić information content (AvgIpc) is 3.14. The summed E-state index contributed by atoms with van der Waals surface area (Å²) in [4.78, 5) is 40.9. The van der Waals surface area contributed by atoms with Gasteiger partial charge in [-0.3, -0.25) is 14.4 Å². The number of likely N-dealkylation sites (tertiary alicyclic amines) is 1. The minimum absolute atomic E-state index is 0.0403. The van der Waals surface area contributed by atoms with Crippen molar-refractivity contribution >= 4 is 23.5 Å². The predicted octanol–water partition coefficient (Wildman–Crippen LogP) is 2.00. The Balaban J connectivity index is 1.63. The van der Waals surface area contributed by atoms with Crippen molar-refractivity contribution in [3.8, 4) is 11.5 Å². The number of hydrogen-bond donors (Lipinski definition) is 0. The number of anilines is 1. The fourth-order valence-electron chi connectivity index (χ4n) is 3.80. The maximum absolute atomic E-state index is 12.6. The topological polar surface area (TPSA) is 85.4 Å². The molecule has 2 atom stereocenters. The van der Waals surface area contributed by atoms with Gasteiger partial charge < -0.3 is 24.0 Å². The highest BCUT2D eigenvalue weighted by atomic mass is 16.5. The third-order valence-electron chi connectivity index (χ3n) is 5.44. The average molecular weight is 404 g/mol. The maximum Gasteiger partial charge on any atom is 0.312 e. The number of piperidine rings is 1. The molecule has 0 radical (unpaired) electrons. The monoisotopic (exact) mass is 404 g/mol. The number of rotatable bonds is 6. The molecule has 8 nitrogen and oxygen atoms in total. The van der Waals surface area contributed by atoms with Crippen LogP contribution < -0.4 is 14.4 Å². The number of esters is 1. The summed E-state index contributed by atoms with van der Waals surface area (Å²) in [5.41, 5.74) is 0.575. The molecule has 2 heterocycles. The molecule has 8 heteroatoms. The molecule has 2 amide bonds. The van der Waals surface area contributed by atoms with E-state index in [1.54, 1.807) is 37.1 Å². The Hall–Kier alpha value is -2.77. The zero-order valence-corrected chi connectivity index (χ0v) is 17.2. The van der Waals surface area contributed by atoms with E-state index in [1.807, 2.05) is 0 Å². The summed E-state index contributed by atoms with van der Waals surface area (Å²) >= 11 is 0. The number of carbonyl (C=O) groups is 3. The number of ether oxygens (including phenoxy) is 3. The van der Waals surface area contributed by atoms with Crippen molar-refractivity contribution < 1.29 is 28.6 Å². The number of amides is 2. The first-order chi connectivity index (χ1) is 13.9. The van der Waals surface area contributed by atoms with Crippen LogP contribution in [0.4, 0.5) is 5.69 Å². The summed E-state index contributed by atoms with van der Waals surface area (Å²) in [6.45, 7) is 3.18. The van der Waals surface area contributed by atoms with Crippen LogP contribution in [0.3, 0.4) is 0 Å². The molecule has 0 aromatic heterocycles. The lowest BCUT2D eigenvalue weighted by atomic mass is 10.1. The molecular weight excluding hydrogens is 376 g/mol. The Bertz CT molecular complexity index is 774. The van der Waals surface area contributed by atoms with Gasteiger partial charge in [-0.25, -0.2) is 0 Å². The lowest BCUT2D eigenvalue weighted by molar-refractivity contribution is -0.162. The fraction of sp³-hybridized carbons (Fsp3) is 0.571. The van der Waals surface area contributed by atoms with Gasteiger partial charge >= 0.3 is 5.97 Å². The first-order valence-electron chi connectivity index (χ1n) is 9.96. The van der Waals surface area contributed by atoms with Crippen LogP contribution in [-0.2, 0) is 19.1 Å². The number of methoxy groups -OCH3 is 2. The van der Waals surface area contributed by atoms with Crippen molar-refractivity contribution in [2.75, 3.05) is 38.8 Å². The molecule has 29 heavy (non-hydrogen) atoms. The van der Waals surface area contributed by atoms with Gasteiger partial charge in [0, 0.05) is 32.1 Å². The van der Waals surface area contributed by atoms with E-state index in [9.17, 15) is 14.4 Å². The molecular formula is C21H28N2O6. The summed E-state index contributed by atoms with van der Waals surface area (Å²) in [6, 6.07) is 5.15. The van der Waals surface area contributed by atoms with Gasteiger partial charge in [0.25, 0.3) is 5.91 Å². The minimum Gasteiger partial charge on any atom is -0.497 e. The van der Waals surface area contributed by atoms with Gasteiger partial charge in [-0.2, -0.15) is 0 Å². The van der Waals surface area contributed by atoms with Gasteiger partial charge in [0.1, 0.15) is 11.5 Å². The van der Waals surface area contributed by atoms with Crippen LogP contribution in [0.5, 0.6) is 11.5 Å². The van der Waals surface area contributed by atoms with Gasteiger partial charge in [-0.1, -0.05) is 0 Å². The standard InChI is InChI=1S/C21H28N2O6/c1-14(20(25)22-9-5-4-6-10-22)29-21(26)15-11-19(24)23(13-15)17-8-7-16(27-2)12-18(17)28-3/h7-8,12,14-15H,4-6,9-11,13H2,1-3H3/t14-,15-/m1/s1. The fourth-order valence-corrected chi connectivity index (χ4v) is 3.80. The van der Waals surface area contributed by atoms with Gasteiger partial charge in [0.05, 0.1) is 25.8 Å². The molecule has 2 fully saturated rings. The molecule has 2 aliphatic rings. The molecule has 0 saturated carbocycles. The molecule has 158 valence electrons. The van der Waals surface area contributed by atoms with E-state index in [2.05, 4.69) is 0 Å². The van der Waals surface area contributed by atoms with Crippen molar-refractivity contribution in [1.29, 1.82) is 0 Å². The largest absolute Gasteiger partial charge is 0.497 e. The number of nitrogens with zero attached hydrogens (tertiary/aromatic N) is 2. The van der Waals surface area contributed by atoms with Gasteiger partial charge in [-0.05, 0) is 38.3 Å². The number of carbonyl (C=O) groups excluding carboxylic acids is 3. The Morgan fingerprint density at radius 1 is 1.10 bits per heavy atom. The predicted molar refractivity (Wildman–Crippen MR) is 106 cm³/mol. The minimum atomic E-state index is -0.847. The van der Waals surface area contributed by atoms with Crippen molar-refractivity contribution in [3.05, 3.63) is 18.2 Å². The van der Waals surface area contributed by atoms with Gasteiger partial charge in [-0.15, -0.1) is 0 Å². The molecule has 0 N–H and O–H groups in total. The highest BCUT2D eigenvalue weighted by molar-refractivity contribution is 6.01. The quantitative estimate of drug-likeness (QED) is 0.674. The van der Waals surface area contributed by atoms with Crippen molar-refractivity contribution in [2.45, 2.75) is 38.7 Å². The van der Waals surface area contributed by atoms with Crippen LogP contribution in [0.2, 0.25) is 0 Å². The van der Waals surface area contributed by atoms with E-state index in [-0.39, 0.29) is 24.8 Å². The van der Waals surface area contributed by atoms with E-state index < -0.39 is 18.0 Å². The molecule has 0 unspecified atom stereocenters. The Morgan fingerprint density at radius 2 is 1.83 bits per heavy atom. The summed E-state index contributed by atoms with van der Waals surface area (Å²) in [7, 11) is 3.06. The second-order valence-electron chi connectivity index (χ2n) is 7.41. The molecule has 0 aliphatic carbocycles. The maximum atomic E-state index is 12.6. The van der Waals surface area contributed by atoms with Crippen LogP contribution in [0.25, 0.3) is 0 Å². The van der Waals surface area contributed by atoms with Crippen molar-refractivity contribution in [1.82, 2.24) is 4.90 Å². The second-order valence-corrected chi connectivity index (χ2v) is 7.41. The van der Waals surface area contributed by atoms with Gasteiger partial charge in [0.2, 0.25) is 5.91 Å². The highest BCUT2D eigenvalue weighted by Crippen LogP contribution is 2.36. The van der Waals surface area contributed by atoms with E-state index in [4.69, 9.17) is 14.2 Å². The summed E-state index contributed by atoms with van der Waals surface area (Å²) in [5, 5.41) is 0. The lowest BCUT2D eigenvalue weighted by Gasteiger charge is -2.29. The molecule has 1 aromatic rings. The van der Waals surface area contributed by atoms with Crippen LogP contribution in [0.15, 0.2) is 18.2 Å². The Kier molecular flexibility index (Phi) is 6.61.